The summed E-state index contributed by atoms with van der Waals surface area (Å²) in [5.74, 6) is 0.750. The lowest BCUT2D eigenvalue weighted by Crippen LogP contribution is -2.27. The Morgan fingerprint density at radius 3 is 2.90 bits per heavy atom. The molecule has 1 amide bonds. The molecule has 0 unspecified atom stereocenters. The molecule has 1 aliphatic carbocycles. The summed E-state index contributed by atoms with van der Waals surface area (Å²) in [5, 5.41) is 0. The van der Waals surface area contributed by atoms with Crippen molar-refractivity contribution < 1.29 is 14.0 Å². The molecule has 0 aromatic carbocycles. The molecule has 0 saturated heterocycles. The molecule has 0 saturated carbocycles. The first-order valence-electron chi connectivity index (χ1n) is 7.10. The van der Waals surface area contributed by atoms with E-state index < -0.39 is 0 Å². The number of rotatable bonds is 3. The Morgan fingerprint density at radius 1 is 1.43 bits per heavy atom. The third-order valence-electron chi connectivity index (χ3n) is 3.97. The molecule has 1 aliphatic rings. The number of furan rings is 1. The van der Waals surface area contributed by atoms with Gasteiger partial charge in [0.2, 0.25) is 0 Å². The van der Waals surface area contributed by atoms with Crippen molar-refractivity contribution in [3.63, 3.8) is 0 Å². The van der Waals surface area contributed by atoms with Crippen LogP contribution in [-0.2, 0) is 13.0 Å². The molecule has 110 valence electrons. The first-order chi connectivity index (χ1) is 10.1. The van der Waals surface area contributed by atoms with Crippen molar-refractivity contribution in [1.82, 2.24) is 9.88 Å². The average Bonchev–Trinajstić information content (AvgIpc) is 3.07. The molecule has 5 nitrogen and oxygen atoms in total. The molecule has 21 heavy (non-hydrogen) atoms. The van der Waals surface area contributed by atoms with Gasteiger partial charge in [0.1, 0.15) is 11.5 Å². The number of amides is 1. The zero-order valence-electron chi connectivity index (χ0n) is 12.2. The molecule has 0 spiro atoms. The zero-order valence-corrected chi connectivity index (χ0v) is 12.2. The average molecular weight is 286 g/mol. The minimum absolute atomic E-state index is 0.119. The number of Topliss-reactive ketones (excluding diaryl/α,β-unsaturated/α-hetero) is 1. The molecule has 0 bridgehead atoms. The number of aromatic amines is 1. The van der Waals surface area contributed by atoms with Crippen molar-refractivity contribution in [3.8, 4) is 0 Å². The maximum absolute atomic E-state index is 12.6. The van der Waals surface area contributed by atoms with Crippen LogP contribution in [0.5, 0.6) is 0 Å². The third kappa shape index (κ3) is 2.39. The van der Waals surface area contributed by atoms with E-state index in [0.717, 1.165) is 35.4 Å². The van der Waals surface area contributed by atoms with Crippen molar-refractivity contribution in [2.45, 2.75) is 32.7 Å². The van der Waals surface area contributed by atoms with E-state index in [1.54, 1.807) is 24.3 Å². The molecule has 3 rings (SSSR count). The number of aromatic nitrogens is 1. The van der Waals surface area contributed by atoms with Crippen LogP contribution in [0.3, 0.4) is 0 Å². The van der Waals surface area contributed by atoms with Crippen molar-refractivity contribution in [3.05, 3.63) is 46.7 Å². The Bertz CT molecular complexity index is 683. The second-order valence-corrected chi connectivity index (χ2v) is 5.50. The number of aryl methyl sites for hydroxylation is 1. The summed E-state index contributed by atoms with van der Waals surface area (Å²) < 4.78 is 5.26. The van der Waals surface area contributed by atoms with Gasteiger partial charge >= 0.3 is 0 Å². The van der Waals surface area contributed by atoms with Crippen LogP contribution >= 0.6 is 0 Å². The Morgan fingerprint density at radius 2 is 2.24 bits per heavy atom. The van der Waals surface area contributed by atoms with E-state index in [1.165, 1.54) is 0 Å². The van der Waals surface area contributed by atoms with E-state index in [9.17, 15) is 9.59 Å². The summed E-state index contributed by atoms with van der Waals surface area (Å²) in [6, 6.07) is 3.63. The maximum Gasteiger partial charge on any atom is 0.270 e. The Hall–Kier alpha value is -2.30. The number of carbonyl (C=O) groups excluding carboxylic acids is 2. The predicted molar refractivity (Wildman–Crippen MR) is 77.3 cm³/mol. The van der Waals surface area contributed by atoms with Crippen LogP contribution in [0.1, 0.15) is 50.7 Å². The zero-order chi connectivity index (χ0) is 15.0. The van der Waals surface area contributed by atoms with Crippen LogP contribution in [0.2, 0.25) is 0 Å². The summed E-state index contributed by atoms with van der Waals surface area (Å²) >= 11 is 0. The van der Waals surface area contributed by atoms with Gasteiger partial charge in [0.25, 0.3) is 5.91 Å². The van der Waals surface area contributed by atoms with Crippen LogP contribution in [0, 0.1) is 6.92 Å². The smallest absolute Gasteiger partial charge is 0.270 e. The maximum atomic E-state index is 12.6. The number of nitrogens with one attached hydrogen (secondary N) is 1. The predicted octanol–water partition coefficient (Wildman–Crippen LogP) is 2.71. The molecule has 5 heteroatoms. The normalized spacial score (nSPS) is 14.1. The quantitative estimate of drug-likeness (QED) is 0.943. The minimum Gasteiger partial charge on any atom is -0.467 e. The Balaban J connectivity index is 1.86. The van der Waals surface area contributed by atoms with Crippen LogP contribution in [0.4, 0.5) is 0 Å². The van der Waals surface area contributed by atoms with Crippen LogP contribution < -0.4 is 0 Å². The number of ketones is 1. The van der Waals surface area contributed by atoms with E-state index in [1.807, 2.05) is 13.0 Å². The molecular weight excluding hydrogens is 268 g/mol. The molecule has 2 heterocycles. The number of hydrogen-bond acceptors (Lipinski definition) is 3. The molecule has 0 atom stereocenters. The lowest BCUT2D eigenvalue weighted by molar-refractivity contribution is 0.0769. The fourth-order valence-corrected chi connectivity index (χ4v) is 2.89. The lowest BCUT2D eigenvalue weighted by atomic mass is 9.94. The van der Waals surface area contributed by atoms with Crippen LogP contribution in [0.15, 0.2) is 22.8 Å². The number of hydrogen-bond donors (Lipinski definition) is 1. The highest BCUT2D eigenvalue weighted by atomic mass is 16.3. The van der Waals surface area contributed by atoms with E-state index in [-0.39, 0.29) is 11.7 Å². The number of H-pyrrole nitrogens is 1. The van der Waals surface area contributed by atoms with Crippen LogP contribution in [-0.4, -0.2) is 28.6 Å². The monoisotopic (exact) mass is 286 g/mol. The van der Waals surface area contributed by atoms with E-state index in [0.29, 0.717) is 18.7 Å². The molecule has 2 aromatic heterocycles. The van der Waals surface area contributed by atoms with Gasteiger partial charge in [-0.3, -0.25) is 9.59 Å². The number of nitrogens with zero attached hydrogens (tertiary/aromatic N) is 1. The highest BCUT2D eigenvalue weighted by molar-refractivity contribution is 6.04. The van der Waals surface area contributed by atoms with E-state index in [4.69, 9.17) is 4.42 Å². The topological polar surface area (TPSA) is 66.3 Å². The van der Waals surface area contributed by atoms with E-state index >= 15 is 0 Å². The highest BCUT2D eigenvalue weighted by Gasteiger charge is 2.27. The standard InChI is InChI=1S/C16H18N2O3/c1-10-14-12(6-3-7-13(14)19)17-15(10)16(20)18(2)9-11-5-4-8-21-11/h4-5,8,17H,3,6-7,9H2,1-2H3. The van der Waals surface area contributed by atoms with Gasteiger partial charge in [-0.05, 0) is 37.5 Å². The van der Waals surface area contributed by atoms with Crippen molar-refractivity contribution in [2.75, 3.05) is 7.05 Å². The first-order valence-corrected chi connectivity index (χ1v) is 7.10. The second kappa shape index (κ2) is 5.24. The largest absolute Gasteiger partial charge is 0.467 e. The number of carbonyl (C=O) groups is 2. The Labute approximate surface area is 122 Å². The lowest BCUT2D eigenvalue weighted by Gasteiger charge is -2.15. The van der Waals surface area contributed by atoms with Gasteiger partial charge in [-0.15, -0.1) is 0 Å². The van der Waals surface area contributed by atoms with Gasteiger partial charge < -0.3 is 14.3 Å². The SMILES string of the molecule is Cc1c(C(=O)N(C)Cc2ccco2)[nH]c2c1C(=O)CCC2. The fraction of sp³-hybridized carbons (Fsp3) is 0.375. The highest BCUT2D eigenvalue weighted by Crippen LogP contribution is 2.27. The molecule has 0 fully saturated rings. The summed E-state index contributed by atoms with van der Waals surface area (Å²) in [6.07, 6.45) is 3.84. The van der Waals surface area contributed by atoms with Gasteiger partial charge in [-0.2, -0.15) is 0 Å². The molecule has 1 N–H and O–H groups in total. The van der Waals surface area contributed by atoms with Crippen LogP contribution in [0.25, 0.3) is 0 Å². The van der Waals surface area contributed by atoms with Crippen molar-refractivity contribution in [1.29, 1.82) is 0 Å². The molecule has 0 radical (unpaired) electrons. The summed E-state index contributed by atoms with van der Waals surface area (Å²) in [5.41, 5.74) is 2.91. The minimum atomic E-state index is -0.119. The fourth-order valence-electron chi connectivity index (χ4n) is 2.89. The molecule has 0 aliphatic heterocycles. The van der Waals surface area contributed by atoms with Crippen molar-refractivity contribution >= 4 is 11.7 Å². The summed E-state index contributed by atoms with van der Waals surface area (Å²) in [6.45, 7) is 2.25. The molecular formula is C16H18N2O3. The van der Waals surface area contributed by atoms with E-state index in [2.05, 4.69) is 4.98 Å². The van der Waals surface area contributed by atoms with Gasteiger partial charge in [0.15, 0.2) is 5.78 Å². The third-order valence-corrected chi connectivity index (χ3v) is 3.97. The van der Waals surface area contributed by atoms with Gasteiger partial charge in [0.05, 0.1) is 12.8 Å². The second-order valence-electron chi connectivity index (χ2n) is 5.50. The van der Waals surface area contributed by atoms with Gasteiger partial charge in [-0.25, -0.2) is 0 Å². The Kier molecular flexibility index (Phi) is 3.41. The first kappa shape index (κ1) is 13.7. The summed E-state index contributed by atoms with van der Waals surface area (Å²) in [4.78, 5) is 29.3. The number of fused-ring (bicyclic) bond motifs is 1. The molecule has 2 aromatic rings. The summed E-state index contributed by atoms with van der Waals surface area (Å²) in [7, 11) is 1.73. The van der Waals surface area contributed by atoms with Gasteiger partial charge in [0, 0.05) is 24.7 Å². The van der Waals surface area contributed by atoms with Crippen molar-refractivity contribution in [2.24, 2.45) is 0 Å². The van der Waals surface area contributed by atoms with Gasteiger partial charge in [-0.1, -0.05) is 0 Å².